The van der Waals surface area contributed by atoms with Gasteiger partial charge in [-0.3, -0.25) is 19.7 Å². The molecule has 0 spiro atoms. The first-order valence-electron chi connectivity index (χ1n) is 8.87. The average molecular weight is 446 g/mol. The van der Waals surface area contributed by atoms with E-state index in [2.05, 4.69) is 20.8 Å². The third-order valence-corrected chi connectivity index (χ3v) is 4.29. The minimum absolute atomic E-state index is 0.0930. The number of rotatable bonds is 8. The van der Waals surface area contributed by atoms with E-state index in [1.165, 1.54) is 31.4 Å². The molecule has 0 unspecified atom stereocenters. The number of amides is 2. The second-order valence-electron chi connectivity index (χ2n) is 6.08. The molecule has 0 atom stereocenters. The van der Waals surface area contributed by atoms with E-state index >= 15 is 0 Å². The van der Waals surface area contributed by atoms with Crippen LogP contribution in [-0.4, -0.2) is 47.1 Å². The van der Waals surface area contributed by atoms with Crippen molar-refractivity contribution in [3.8, 4) is 17.1 Å². The fraction of sp³-hybridized carbons (Fsp3) is 0.158. The van der Waals surface area contributed by atoms with Crippen LogP contribution in [0.25, 0.3) is 11.4 Å². The number of nitrogens with one attached hydrogen (secondary N) is 2. The van der Waals surface area contributed by atoms with E-state index < -0.39 is 16.7 Å². The number of carbonyl (C=O) groups excluding carboxylic acids is 2. The number of non-ortho nitro benzene ring substituents is 1. The van der Waals surface area contributed by atoms with E-state index in [1.807, 2.05) is 0 Å². The van der Waals surface area contributed by atoms with Crippen molar-refractivity contribution >= 4 is 29.1 Å². The number of ether oxygens (including phenoxy) is 1. The second kappa shape index (κ2) is 9.67. The van der Waals surface area contributed by atoms with Crippen molar-refractivity contribution in [2.45, 2.75) is 0 Å². The van der Waals surface area contributed by atoms with Crippen LogP contribution in [-0.2, 0) is 0 Å². The number of aromatic nitrogens is 2. The van der Waals surface area contributed by atoms with Crippen LogP contribution in [0.5, 0.6) is 5.75 Å². The molecule has 3 aromatic rings. The van der Waals surface area contributed by atoms with Gasteiger partial charge in [0.05, 0.1) is 17.6 Å². The zero-order chi connectivity index (χ0) is 22.4. The molecule has 2 N–H and O–H groups in total. The van der Waals surface area contributed by atoms with Gasteiger partial charge in [-0.1, -0.05) is 16.8 Å². The highest BCUT2D eigenvalue weighted by molar-refractivity contribution is 6.30. The molecular formula is C19H16ClN5O6. The number of benzene rings is 2. The minimum atomic E-state index is -0.621. The lowest BCUT2D eigenvalue weighted by Crippen LogP contribution is -2.34. The molecule has 2 aromatic carbocycles. The maximum absolute atomic E-state index is 12.2. The Morgan fingerprint density at radius 1 is 1.13 bits per heavy atom. The summed E-state index contributed by atoms with van der Waals surface area (Å²) in [5.41, 5.74) is 0.611. The molecule has 0 fully saturated rings. The Kier molecular flexibility index (Phi) is 6.78. The molecular weight excluding hydrogens is 430 g/mol. The summed E-state index contributed by atoms with van der Waals surface area (Å²) in [6.07, 6.45) is 0. The first kappa shape index (κ1) is 21.7. The van der Waals surface area contributed by atoms with Gasteiger partial charge in [0, 0.05) is 35.8 Å². The smallest absolute Gasteiger partial charge is 0.316 e. The number of nitro benzene ring substituents is 1. The van der Waals surface area contributed by atoms with Crippen LogP contribution in [0.1, 0.15) is 21.0 Å². The van der Waals surface area contributed by atoms with Crippen LogP contribution in [0, 0.1) is 10.1 Å². The Labute approximate surface area is 180 Å². The fourth-order valence-corrected chi connectivity index (χ4v) is 2.72. The molecule has 1 heterocycles. The van der Waals surface area contributed by atoms with Gasteiger partial charge in [-0.15, -0.1) is 0 Å². The lowest BCUT2D eigenvalue weighted by Gasteiger charge is -2.06. The van der Waals surface area contributed by atoms with Crippen LogP contribution in [0.4, 0.5) is 5.69 Å². The van der Waals surface area contributed by atoms with E-state index in [4.69, 9.17) is 20.9 Å². The summed E-state index contributed by atoms with van der Waals surface area (Å²) in [6.45, 7) is 0.209. The van der Waals surface area contributed by atoms with E-state index in [1.54, 1.807) is 18.2 Å². The predicted octanol–water partition coefficient (Wildman–Crippen LogP) is 2.47. The third kappa shape index (κ3) is 5.34. The monoisotopic (exact) mass is 445 g/mol. The Balaban J connectivity index is 1.52. The van der Waals surface area contributed by atoms with Crippen molar-refractivity contribution in [1.29, 1.82) is 0 Å². The summed E-state index contributed by atoms with van der Waals surface area (Å²) in [6, 6.07) is 10.0. The Morgan fingerprint density at radius 3 is 2.45 bits per heavy atom. The largest absolute Gasteiger partial charge is 0.496 e. The van der Waals surface area contributed by atoms with Crippen LogP contribution >= 0.6 is 11.6 Å². The van der Waals surface area contributed by atoms with Gasteiger partial charge in [0.15, 0.2) is 0 Å². The van der Waals surface area contributed by atoms with Crippen molar-refractivity contribution in [1.82, 2.24) is 20.8 Å². The predicted molar refractivity (Wildman–Crippen MR) is 109 cm³/mol. The second-order valence-corrected chi connectivity index (χ2v) is 6.52. The topological polar surface area (TPSA) is 149 Å². The molecule has 2 amide bonds. The molecule has 11 nitrogen and oxygen atoms in total. The first-order valence-corrected chi connectivity index (χ1v) is 9.25. The molecule has 0 aliphatic carbocycles. The number of halogens is 1. The zero-order valence-electron chi connectivity index (χ0n) is 16.1. The van der Waals surface area contributed by atoms with Crippen LogP contribution in [0.15, 0.2) is 47.0 Å². The summed E-state index contributed by atoms with van der Waals surface area (Å²) in [7, 11) is 1.48. The molecule has 1 aromatic heterocycles. The van der Waals surface area contributed by atoms with Gasteiger partial charge in [0.25, 0.3) is 11.6 Å². The summed E-state index contributed by atoms with van der Waals surface area (Å²) in [5, 5.41) is 20.0. The summed E-state index contributed by atoms with van der Waals surface area (Å²) in [5.74, 6) is -0.720. The molecule has 0 saturated carbocycles. The van der Waals surface area contributed by atoms with E-state index in [9.17, 15) is 19.7 Å². The third-order valence-electron chi connectivity index (χ3n) is 4.06. The number of nitrogens with zero attached hydrogens (tertiary/aromatic N) is 3. The van der Waals surface area contributed by atoms with Gasteiger partial charge in [-0.2, -0.15) is 4.98 Å². The Morgan fingerprint density at radius 2 is 1.81 bits per heavy atom. The molecule has 3 rings (SSSR count). The van der Waals surface area contributed by atoms with E-state index in [0.29, 0.717) is 16.3 Å². The minimum Gasteiger partial charge on any atom is -0.496 e. The Bertz CT molecular complexity index is 1120. The standard InChI is InChI=1S/C19H16ClN5O6/c1-30-15-7-4-12(20)10-14(15)16-23-19(31-24-16)18(27)22-9-8-21-17(26)11-2-5-13(6-3-11)25(28)29/h2-7,10H,8-9H2,1H3,(H,21,26)(H,22,27). The first-order chi connectivity index (χ1) is 14.9. The summed E-state index contributed by atoms with van der Waals surface area (Å²) >= 11 is 5.98. The molecule has 31 heavy (non-hydrogen) atoms. The number of hydrogen-bond donors (Lipinski definition) is 2. The van der Waals surface area contributed by atoms with Crippen LogP contribution < -0.4 is 15.4 Å². The lowest BCUT2D eigenvalue weighted by molar-refractivity contribution is -0.384. The highest BCUT2D eigenvalue weighted by Gasteiger charge is 2.18. The maximum atomic E-state index is 12.2. The summed E-state index contributed by atoms with van der Waals surface area (Å²) in [4.78, 5) is 38.3. The quantitative estimate of drug-likeness (QED) is 0.305. The van der Waals surface area contributed by atoms with Crippen LogP contribution in [0.3, 0.4) is 0 Å². The molecule has 0 aliphatic heterocycles. The Hall–Kier alpha value is -3.99. The molecule has 160 valence electrons. The van der Waals surface area contributed by atoms with Gasteiger partial charge in [-0.25, -0.2) is 0 Å². The van der Waals surface area contributed by atoms with E-state index in [0.717, 1.165) is 0 Å². The fourth-order valence-electron chi connectivity index (χ4n) is 2.54. The van der Waals surface area contributed by atoms with Gasteiger partial charge >= 0.3 is 11.8 Å². The number of methoxy groups -OCH3 is 1. The highest BCUT2D eigenvalue weighted by Crippen LogP contribution is 2.30. The zero-order valence-corrected chi connectivity index (χ0v) is 16.9. The van der Waals surface area contributed by atoms with Crippen molar-refractivity contribution in [3.63, 3.8) is 0 Å². The summed E-state index contributed by atoms with van der Waals surface area (Å²) < 4.78 is 10.2. The van der Waals surface area contributed by atoms with Gasteiger partial charge in [0.1, 0.15) is 5.75 Å². The molecule has 12 heteroatoms. The number of nitro groups is 1. The normalized spacial score (nSPS) is 10.4. The number of hydrogen-bond acceptors (Lipinski definition) is 8. The molecule has 0 saturated heterocycles. The van der Waals surface area contributed by atoms with Crippen LogP contribution in [0.2, 0.25) is 5.02 Å². The van der Waals surface area contributed by atoms with E-state index in [-0.39, 0.29) is 36.1 Å². The molecule has 0 radical (unpaired) electrons. The SMILES string of the molecule is COc1ccc(Cl)cc1-c1noc(C(=O)NCCNC(=O)c2ccc([N+](=O)[O-])cc2)n1. The van der Waals surface area contributed by atoms with Gasteiger partial charge in [0.2, 0.25) is 5.82 Å². The van der Waals surface area contributed by atoms with Crippen molar-refractivity contribution < 1.29 is 23.8 Å². The average Bonchev–Trinajstić information content (AvgIpc) is 3.26. The van der Waals surface area contributed by atoms with Crippen molar-refractivity contribution in [3.05, 3.63) is 69.1 Å². The van der Waals surface area contributed by atoms with Gasteiger partial charge in [-0.05, 0) is 30.3 Å². The molecule has 0 aliphatic rings. The lowest BCUT2D eigenvalue weighted by atomic mass is 10.2. The number of carbonyl (C=O) groups is 2. The maximum Gasteiger partial charge on any atom is 0.316 e. The van der Waals surface area contributed by atoms with Crippen molar-refractivity contribution in [2.75, 3.05) is 20.2 Å². The highest BCUT2D eigenvalue weighted by atomic mass is 35.5. The van der Waals surface area contributed by atoms with Gasteiger partial charge < -0.3 is 19.9 Å². The molecule has 0 bridgehead atoms. The van der Waals surface area contributed by atoms with Crippen molar-refractivity contribution in [2.24, 2.45) is 0 Å².